The molecule has 0 aliphatic carbocycles. The first-order chi connectivity index (χ1) is 14.5. The average Bonchev–Trinajstić information content (AvgIpc) is 2.67. The van der Waals surface area contributed by atoms with Crippen LogP contribution in [0.4, 0.5) is 4.79 Å². The third-order valence-corrected chi connectivity index (χ3v) is 4.24. The molecule has 1 rings (SSSR count). The van der Waals surface area contributed by atoms with E-state index in [4.69, 9.17) is 15.2 Å². The molecule has 2 amide bonds. The standard InChI is InChI=1S/C21H33N3O7/c1-21(2,3)31-20(29)24-14(7-5-6-10-22)18(27)23-15(19(28)30-4)11-13-8-9-16(25)17(26)12-13/h8-9,12,14-15,25-26H,5-7,10-11,22H2,1-4H3,(H,23,27)(H,24,29)/t14-,15?/m0/s1. The first-order valence-electron chi connectivity index (χ1n) is 10.1. The van der Waals surface area contributed by atoms with Crippen molar-refractivity contribution in [2.45, 2.75) is 64.1 Å². The van der Waals surface area contributed by atoms with Gasteiger partial charge in [-0.2, -0.15) is 0 Å². The number of amides is 2. The second-order valence-electron chi connectivity index (χ2n) is 8.09. The molecule has 10 heteroatoms. The number of hydrogen-bond acceptors (Lipinski definition) is 8. The van der Waals surface area contributed by atoms with Crippen molar-refractivity contribution in [3.05, 3.63) is 23.8 Å². The Labute approximate surface area is 182 Å². The molecule has 1 aromatic rings. The van der Waals surface area contributed by atoms with Crippen LogP contribution in [-0.4, -0.2) is 59.5 Å². The summed E-state index contributed by atoms with van der Waals surface area (Å²) < 4.78 is 9.99. The number of esters is 1. The van der Waals surface area contributed by atoms with Gasteiger partial charge in [0.25, 0.3) is 0 Å². The number of hydrogen-bond donors (Lipinski definition) is 5. The van der Waals surface area contributed by atoms with Crippen molar-refractivity contribution in [1.82, 2.24) is 10.6 Å². The molecule has 31 heavy (non-hydrogen) atoms. The summed E-state index contributed by atoms with van der Waals surface area (Å²) in [4.78, 5) is 37.3. The molecular formula is C21H33N3O7. The number of ether oxygens (including phenoxy) is 2. The molecule has 0 bridgehead atoms. The summed E-state index contributed by atoms with van der Waals surface area (Å²) in [5.41, 5.74) is 5.26. The lowest BCUT2D eigenvalue weighted by Gasteiger charge is -2.25. The molecule has 0 saturated heterocycles. The Morgan fingerprint density at radius 2 is 1.74 bits per heavy atom. The van der Waals surface area contributed by atoms with E-state index in [1.54, 1.807) is 20.8 Å². The van der Waals surface area contributed by atoms with Crippen LogP contribution < -0.4 is 16.4 Å². The molecule has 0 aliphatic rings. The monoisotopic (exact) mass is 439 g/mol. The van der Waals surface area contributed by atoms with Gasteiger partial charge < -0.3 is 36.1 Å². The molecular weight excluding hydrogens is 406 g/mol. The quantitative estimate of drug-likeness (QED) is 0.207. The Bertz CT molecular complexity index is 762. The summed E-state index contributed by atoms with van der Waals surface area (Å²) in [6.45, 7) is 5.55. The van der Waals surface area contributed by atoms with Gasteiger partial charge in [-0.1, -0.05) is 6.07 Å². The van der Waals surface area contributed by atoms with E-state index in [2.05, 4.69) is 10.6 Å². The van der Waals surface area contributed by atoms with E-state index in [1.165, 1.54) is 25.3 Å². The van der Waals surface area contributed by atoms with Gasteiger partial charge in [0.2, 0.25) is 5.91 Å². The summed E-state index contributed by atoms with van der Waals surface area (Å²) in [6, 6.07) is 2.06. The SMILES string of the molecule is COC(=O)C(Cc1ccc(O)c(O)c1)NC(=O)[C@H](CCCCN)NC(=O)OC(C)(C)C. The van der Waals surface area contributed by atoms with Gasteiger partial charge >= 0.3 is 12.1 Å². The smallest absolute Gasteiger partial charge is 0.408 e. The first kappa shape index (κ1) is 26.0. The van der Waals surface area contributed by atoms with Gasteiger partial charge in [0.15, 0.2) is 11.5 Å². The van der Waals surface area contributed by atoms with Crippen molar-refractivity contribution >= 4 is 18.0 Å². The topological polar surface area (TPSA) is 160 Å². The van der Waals surface area contributed by atoms with Crippen molar-refractivity contribution in [1.29, 1.82) is 0 Å². The van der Waals surface area contributed by atoms with Crippen LogP contribution in [0.2, 0.25) is 0 Å². The summed E-state index contributed by atoms with van der Waals surface area (Å²) >= 11 is 0. The maximum absolute atomic E-state index is 12.9. The lowest BCUT2D eigenvalue weighted by atomic mass is 10.0. The van der Waals surface area contributed by atoms with Crippen LogP contribution in [0.1, 0.15) is 45.6 Å². The van der Waals surface area contributed by atoms with Crippen molar-refractivity contribution in [3.63, 3.8) is 0 Å². The van der Waals surface area contributed by atoms with Crippen LogP contribution in [0.5, 0.6) is 11.5 Å². The van der Waals surface area contributed by atoms with Crippen molar-refractivity contribution in [3.8, 4) is 11.5 Å². The third kappa shape index (κ3) is 9.56. The minimum absolute atomic E-state index is 0.00815. The van der Waals surface area contributed by atoms with E-state index in [1.807, 2.05) is 0 Å². The molecule has 2 atom stereocenters. The molecule has 0 saturated carbocycles. The zero-order valence-corrected chi connectivity index (χ0v) is 18.4. The molecule has 6 N–H and O–H groups in total. The lowest BCUT2D eigenvalue weighted by molar-refractivity contribution is -0.145. The number of benzene rings is 1. The number of carbonyl (C=O) groups excluding carboxylic acids is 3. The van der Waals surface area contributed by atoms with E-state index in [-0.39, 0.29) is 17.9 Å². The number of unbranched alkanes of at least 4 members (excludes halogenated alkanes) is 1. The number of nitrogens with one attached hydrogen (secondary N) is 2. The molecule has 10 nitrogen and oxygen atoms in total. The van der Waals surface area contributed by atoms with Crippen molar-refractivity contribution in [2.24, 2.45) is 5.73 Å². The third-order valence-electron chi connectivity index (χ3n) is 4.24. The average molecular weight is 440 g/mol. The fraction of sp³-hybridized carbons (Fsp3) is 0.571. The predicted molar refractivity (Wildman–Crippen MR) is 113 cm³/mol. The second kappa shape index (κ2) is 12.0. The molecule has 1 unspecified atom stereocenters. The van der Waals surface area contributed by atoms with E-state index in [9.17, 15) is 24.6 Å². The Kier molecular flexibility index (Phi) is 10.1. The molecule has 0 aromatic heterocycles. The first-order valence-corrected chi connectivity index (χ1v) is 10.1. The molecule has 0 spiro atoms. The van der Waals surface area contributed by atoms with Crippen LogP contribution in [0, 0.1) is 0 Å². The number of methoxy groups -OCH3 is 1. The van der Waals surface area contributed by atoms with E-state index in [0.29, 0.717) is 31.4 Å². The number of rotatable bonds is 10. The summed E-state index contributed by atoms with van der Waals surface area (Å²) in [6.07, 6.45) is 0.801. The van der Waals surface area contributed by atoms with Gasteiger partial charge in [-0.15, -0.1) is 0 Å². The van der Waals surface area contributed by atoms with Crippen LogP contribution in [-0.2, 0) is 25.5 Å². The summed E-state index contributed by atoms with van der Waals surface area (Å²) in [7, 11) is 1.19. The number of nitrogens with two attached hydrogens (primary N) is 1. The minimum atomic E-state index is -1.07. The highest BCUT2D eigenvalue weighted by Crippen LogP contribution is 2.25. The fourth-order valence-corrected chi connectivity index (χ4v) is 2.75. The predicted octanol–water partition coefficient (Wildman–Crippen LogP) is 1.32. The number of aromatic hydroxyl groups is 2. The van der Waals surface area contributed by atoms with Gasteiger partial charge in [-0.05, 0) is 64.3 Å². The summed E-state index contributed by atoms with van der Waals surface area (Å²) in [5.74, 6) is -1.93. The Balaban J connectivity index is 2.94. The van der Waals surface area contributed by atoms with Gasteiger partial charge in [0.05, 0.1) is 7.11 Å². The molecule has 1 aromatic carbocycles. The Morgan fingerprint density at radius 3 is 2.29 bits per heavy atom. The molecule has 0 radical (unpaired) electrons. The molecule has 0 aliphatic heterocycles. The zero-order valence-electron chi connectivity index (χ0n) is 18.4. The normalized spacial score (nSPS) is 13.1. The van der Waals surface area contributed by atoms with Crippen LogP contribution >= 0.6 is 0 Å². The minimum Gasteiger partial charge on any atom is -0.504 e. The number of alkyl carbamates (subject to hydrolysis) is 1. The Hall–Kier alpha value is -3.01. The van der Waals surface area contributed by atoms with Gasteiger partial charge in [-0.3, -0.25) is 4.79 Å². The highest BCUT2D eigenvalue weighted by molar-refractivity contribution is 5.89. The van der Waals surface area contributed by atoms with Crippen LogP contribution in [0.15, 0.2) is 18.2 Å². The maximum atomic E-state index is 12.9. The maximum Gasteiger partial charge on any atom is 0.408 e. The van der Waals surface area contributed by atoms with E-state index >= 15 is 0 Å². The van der Waals surface area contributed by atoms with Crippen molar-refractivity contribution in [2.75, 3.05) is 13.7 Å². The number of phenolic OH excluding ortho intramolecular Hbond substituents is 2. The van der Waals surface area contributed by atoms with Gasteiger partial charge in [0.1, 0.15) is 17.7 Å². The van der Waals surface area contributed by atoms with Gasteiger partial charge in [0, 0.05) is 6.42 Å². The zero-order chi connectivity index (χ0) is 23.6. The fourth-order valence-electron chi connectivity index (χ4n) is 2.75. The summed E-state index contributed by atoms with van der Waals surface area (Å²) in [5, 5.41) is 24.2. The highest BCUT2D eigenvalue weighted by Gasteiger charge is 2.29. The number of phenols is 2. The molecule has 174 valence electrons. The van der Waals surface area contributed by atoms with Crippen LogP contribution in [0.3, 0.4) is 0 Å². The van der Waals surface area contributed by atoms with Crippen LogP contribution in [0.25, 0.3) is 0 Å². The Morgan fingerprint density at radius 1 is 1.06 bits per heavy atom. The highest BCUT2D eigenvalue weighted by atomic mass is 16.6. The van der Waals surface area contributed by atoms with Crippen molar-refractivity contribution < 1.29 is 34.1 Å². The van der Waals surface area contributed by atoms with Gasteiger partial charge in [-0.25, -0.2) is 9.59 Å². The molecule has 0 heterocycles. The molecule has 0 fully saturated rings. The largest absolute Gasteiger partial charge is 0.504 e. The lowest BCUT2D eigenvalue weighted by Crippen LogP contribution is -2.53. The van der Waals surface area contributed by atoms with E-state index in [0.717, 1.165) is 0 Å². The second-order valence-corrected chi connectivity index (χ2v) is 8.09. The van der Waals surface area contributed by atoms with E-state index < -0.39 is 35.7 Å². The number of carbonyl (C=O) groups is 3.